The summed E-state index contributed by atoms with van der Waals surface area (Å²) in [4.78, 5) is 16.7. The number of carbonyl (C=O) groups is 1. The van der Waals surface area contributed by atoms with Gasteiger partial charge >= 0.3 is 0 Å². The molecule has 0 aliphatic carbocycles. The maximum atomic E-state index is 12.5. The first-order valence-electron chi connectivity index (χ1n) is 8.92. The molecule has 1 fully saturated rings. The highest BCUT2D eigenvalue weighted by atomic mass is 16.2. The van der Waals surface area contributed by atoms with Crippen molar-refractivity contribution in [2.75, 3.05) is 38.5 Å². The van der Waals surface area contributed by atoms with Crippen LogP contribution in [0, 0.1) is 11.3 Å². The summed E-state index contributed by atoms with van der Waals surface area (Å²) in [7, 11) is 2.09. The molecule has 0 saturated carbocycles. The van der Waals surface area contributed by atoms with Gasteiger partial charge in [0.25, 0.3) is 0 Å². The zero-order valence-corrected chi connectivity index (χ0v) is 15.1. The van der Waals surface area contributed by atoms with E-state index >= 15 is 0 Å². The van der Waals surface area contributed by atoms with E-state index in [4.69, 9.17) is 5.26 Å². The number of anilines is 1. The number of nitrogens with one attached hydrogen (secondary N) is 1. The fraction of sp³-hybridized carbons (Fsp3) is 0.333. The maximum absolute atomic E-state index is 12.5. The smallest absolute Gasteiger partial charge is 0.227 e. The van der Waals surface area contributed by atoms with Crippen molar-refractivity contribution >= 4 is 11.6 Å². The molecule has 5 nitrogen and oxygen atoms in total. The number of hydrogen-bond donors (Lipinski definition) is 1. The molecule has 3 rings (SSSR count). The Kier molecular flexibility index (Phi) is 5.88. The van der Waals surface area contributed by atoms with Crippen LogP contribution in [0.25, 0.3) is 0 Å². The molecule has 2 aromatic carbocycles. The van der Waals surface area contributed by atoms with Crippen LogP contribution < -0.4 is 5.32 Å². The number of benzene rings is 2. The minimum atomic E-state index is 0.192. The van der Waals surface area contributed by atoms with Crippen LogP contribution in [0.4, 0.5) is 5.69 Å². The highest BCUT2D eigenvalue weighted by molar-refractivity contribution is 5.79. The summed E-state index contributed by atoms with van der Waals surface area (Å²) in [5.41, 5.74) is 3.72. The molecule has 1 N–H and O–H groups in total. The largest absolute Gasteiger partial charge is 0.381 e. The molecule has 1 amide bonds. The average molecular weight is 348 g/mol. The van der Waals surface area contributed by atoms with Crippen molar-refractivity contribution in [1.29, 1.82) is 5.26 Å². The molecule has 5 heteroatoms. The molecule has 2 aromatic rings. The van der Waals surface area contributed by atoms with Crippen molar-refractivity contribution in [2.24, 2.45) is 0 Å². The SMILES string of the molecule is CN1CCN(C(=O)Cc2cccc(NCc3cccc(C#N)c3)c2)CC1. The van der Waals surface area contributed by atoms with E-state index in [0.29, 0.717) is 18.5 Å². The third-order valence-corrected chi connectivity index (χ3v) is 4.69. The van der Waals surface area contributed by atoms with Gasteiger partial charge in [0.1, 0.15) is 0 Å². The van der Waals surface area contributed by atoms with Gasteiger partial charge in [-0.1, -0.05) is 24.3 Å². The molecule has 1 aliphatic heterocycles. The molecule has 0 spiro atoms. The minimum Gasteiger partial charge on any atom is -0.381 e. The monoisotopic (exact) mass is 348 g/mol. The minimum absolute atomic E-state index is 0.192. The van der Waals surface area contributed by atoms with E-state index < -0.39 is 0 Å². The average Bonchev–Trinajstić information content (AvgIpc) is 2.67. The molecule has 0 aromatic heterocycles. The molecule has 1 heterocycles. The summed E-state index contributed by atoms with van der Waals surface area (Å²) in [5, 5.41) is 12.4. The molecule has 134 valence electrons. The second-order valence-corrected chi connectivity index (χ2v) is 6.73. The second kappa shape index (κ2) is 8.50. The first-order chi connectivity index (χ1) is 12.6. The van der Waals surface area contributed by atoms with Gasteiger partial charge in [-0.05, 0) is 42.4 Å². The lowest BCUT2D eigenvalue weighted by Crippen LogP contribution is -2.47. The van der Waals surface area contributed by atoms with Gasteiger partial charge in [-0.2, -0.15) is 5.26 Å². The standard InChI is InChI=1S/C21H24N4O/c1-24-8-10-25(11-9-24)21(26)14-17-4-3-7-20(13-17)23-16-19-6-2-5-18(12-19)15-22/h2-7,12-13,23H,8-11,14,16H2,1H3. The van der Waals surface area contributed by atoms with Crippen molar-refractivity contribution in [3.8, 4) is 6.07 Å². The zero-order valence-electron chi connectivity index (χ0n) is 15.1. The summed E-state index contributed by atoms with van der Waals surface area (Å²) in [6, 6.07) is 17.7. The predicted molar refractivity (Wildman–Crippen MR) is 103 cm³/mol. The van der Waals surface area contributed by atoms with E-state index in [0.717, 1.165) is 43.0 Å². The van der Waals surface area contributed by atoms with Crippen LogP contribution in [0.3, 0.4) is 0 Å². The number of nitrogens with zero attached hydrogens (tertiary/aromatic N) is 3. The third-order valence-electron chi connectivity index (χ3n) is 4.69. The highest BCUT2D eigenvalue weighted by Crippen LogP contribution is 2.14. The lowest BCUT2D eigenvalue weighted by Gasteiger charge is -2.32. The number of amides is 1. The summed E-state index contributed by atoms with van der Waals surface area (Å²) in [5.74, 6) is 0.192. The van der Waals surface area contributed by atoms with Crippen molar-refractivity contribution < 1.29 is 4.79 Å². The normalized spacial score (nSPS) is 14.7. The molecule has 26 heavy (non-hydrogen) atoms. The Labute approximate surface area is 154 Å². The van der Waals surface area contributed by atoms with Crippen LogP contribution >= 0.6 is 0 Å². The maximum Gasteiger partial charge on any atom is 0.227 e. The van der Waals surface area contributed by atoms with Crippen molar-refractivity contribution in [2.45, 2.75) is 13.0 Å². The van der Waals surface area contributed by atoms with Gasteiger partial charge in [0, 0.05) is 38.4 Å². The highest BCUT2D eigenvalue weighted by Gasteiger charge is 2.19. The number of piperazine rings is 1. The van der Waals surface area contributed by atoms with Crippen LogP contribution in [0.1, 0.15) is 16.7 Å². The molecule has 0 unspecified atom stereocenters. The Hall–Kier alpha value is -2.84. The van der Waals surface area contributed by atoms with Crippen molar-refractivity contribution in [3.05, 3.63) is 65.2 Å². The van der Waals surface area contributed by atoms with Crippen LogP contribution in [-0.4, -0.2) is 48.9 Å². The first-order valence-corrected chi connectivity index (χ1v) is 8.92. The first kappa shape index (κ1) is 18.0. The van der Waals surface area contributed by atoms with Crippen LogP contribution in [0.5, 0.6) is 0 Å². The Morgan fingerprint density at radius 1 is 1.08 bits per heavy atom. The number of hydrogen-bond acceptors (Lipinski definition) is 4. The summed E-state index contributed by atoms with van der Waals surface area (Å²) >= 11 is 0. The number of carbonyl (C=O) groups excluding carboxylic acids is 1. The van der Waals surface area contributed by atoms with Gasteiger partial charge in [0.05, 0.1) is 18.1 Å². The van der Waals surface area contributed by atoms with E-state index in [1.165, 1.54) is 0 Å². The van der Waals surface area contributed by atoms with Gasteiger partial charge in [-0.25, -0.2) is 0 Å². The topological polar surface area (TPSA) is 59.4 Å². The van der Waals surface area contributed by atoms with Gasteiger partial charge in [-0.3, -0.25) is 4.79 Å². The zero-order chi connectivity index (χ0) is 18.4. The Bertz CT molecular complexity index is 804. The van der Waals surface area contributed by atoms with Gasteiger partial charge in [-0.15, -0.1) is 0 Å². The van der Waals surface area contributed by atoms with E-state index in [1.807, 2.05) is 47.4 Å². The summed E-state index contributed by atoms with van der Waals surface area (Å²) in [6.07, 6.45) is 0.434. The fourth-order valence-corrected chi connectivity index (χ4v) is 3.09. The predicted octanol–water partition coefficient (Wildman–Crippen LogP) is 2.49. The van der Waals surface area contributed by atoms with Gasteiger partial charge in [0.2, 0.25) is 5.91 Å². The molecule has 1 aliphatic rings. The van der Waals surface area contributed by atoms with Crippen LogP contribution in [0.15, 0.2) is 48.5 Å². The van der Waals surface area contributed by atoms with E-state index in [-0.39, 0.29) is 5.91 Å². The summed E-state index contributed by atoms with van der Waals surface area (Å²) < 4.78 is 0. The lowest BCUT2D eigenvalue weighted by atomic mass is 10.1. The molecular formula is C21H24N4O. The molecule has 0 atom stereocenters. The van der Waals surface area contributed by atoms with E-state index in [9.17, 15) is 4.79 Å². The molecule has 0 radical (unpaired) electrons. The summed E-state index contributed by atoms with van der Waals surface area (Å²) in [6.45, 7) is 4.14. The van der Waals surface area contributed by atoms with Gasteiger partial charge < -0.3 is 15.1 Å². The lowest BCUT2D eigenvalue weighted by molar-refractivity contribution is -0.132. The third kappa shape index (κ3) is 4.84. The Morgan fingerprint density at radius 2 is 1.81 bits per heavy atom. The van der Waals surface area contributed by atoms with Crippen LogP contribution in [0.2, 0.25) is 0 Å². The fourth-order valence-electron chi connectivity index (χ4n) is 3.09. The van der Waals surface area contributed by atoms with Crippen molar-refractivity contribution in [1.82, 2.24) is 9.80 Å². The second-order valence-electron chi connectivity index (χ2n) is 6.73. The van der Waals surface area contributed by atoms with Crippen molar-refractivity contribution in [3.63, 3.8) is 0 Å². The number of likely N-dealkylation sites (N-methyl/N-ethyl adjacent to an activating group) is 1. The van der Waals surface area contributed by atoms with E-state index in [1.54, 1.807) is 6.07 Å². The molecule has 0 bridgehead atoms. The number of nitriles is 1. The van der Waals surface area contributed by atoms with Gasteiger partial charge in [0.15, 0.2) is 0 Å². The van der Waals surface area contributed by atoms with Crippen LogP contribution in [-0.2, 0) is 17.8 Å². The van der Waals surface area contributed by atoms with E-state index in [2.05, 4.69) is 23.3 Å². The molecule has 1 saturated heterocycles. The molecular weight excluding hydrogens is 324 g/mol. The Balaban J connectivity index is 1.57. The Morgan fingerprint density at radius 3 is 2.58 bits per heavy atom. The number of rotatable bonds is 5. The quantitative estimate of drug-likeness (QED) is 0.902.